The molecule has 2 amide bonds. The number of nitrogens with one attached hydrogen (secondary N) is 2. The number of ether oxygens (including phenoxy) is 1. The second kappa shape index (κ2) is 8.87. The van der Waals surface area contributed by atoms with Gasteiger partial charge in [-0.3, -0.25) is 9.59 Å². The summed E-state index contributed by atoms with van der Waals surface area (Å²) in [5, 5.41) is 5.60. The van der Waals surface area contributed by atoms with Gasteiger partial charge in [0.15, 0.2) is 0 Å². The minimum Gasteiger partial charge on any atom is -0.491 e. The topological polar surface area (TPSA) is 67.4 Å². The van der Waals surface area contributed by atoms with Crippen LogP contribution in [0.4, 0.5) is 11.4 Å². The molecule has 0 aliphatic heterocycles. The maximum atomic E-state index is 12.4. The maximum Gasteiger partial charge on any atom is 0.255 e. The van der Waals surface area contributed by atoms with Crippen molar-refractivity contribution in [2.45, 2.75) is 39.7 Å². The maximum absolute atomic E-state index is 12.4. The van der Waals surface area contributed by atoms with Crippen LogP contribution < -0.4 is 15.4 Å². The number of hydrogen-bond donors (Lipinski definition) is 2. The average molecular weight is 340 g/mol. The van der Waals surface area contributed by atoms with E-state index in [1.165, 1.54) is 0 Å². The Hall–Kier alpha value is -2.82. The van der Waals surface area contributed by atoms with E-state index in [0.717, 1.165) is 12.2 Å². The number of benzene rings is 2. The van der Waals surface area contributed by atoms with E-state index in [1.54, 1.807) is 55.5 Å². The number of hydrogen-bond acceptors (Lipinski definition) is 3. The van der Waals surface area contributed by atoms with E-state index in [9.17, 15) is 9.59 Å². The van der Waals surface area contributed by atoms with Crippen molar-refractivity contribution in [3.63, 3.8) is 0 Å². The summed E-state index contributed by atoms with van der Waals surface area (Å²) in [5.74, 6) is 0.463. The normalized spacial score (nSPS) is 11.5. The van der Waals surface area contributed by atoms with E-state index < -0.39 is 0 Å². The first-order valence-electron chi connectivity index (χ1n) is 8.49. The van der Waals surface area contributed by atoms with Gasteiger partial charge in [0.05, 0.1) is 6.10 Å². The van der Waals surface area contributed by atoms with Crippen LogP contribution in [0.2, 0.25) is 0 Å². The molecule has 1 atom stereocenters. The molecule has 0 heterocycles. The summed E-state index contributed by atoms with van der Waals surface area (Å²) in [6.45, 7) is 5.85. The third kappa shape index (κ3) is 5.64. The molecule has 0 saturated heterocycles. The van der Waals surface area contributed by atoms with Crippen molar-refractivity contribution >= 4 is 23.2 Å². The fraction of sp³-hybridized carbons (Fsp3) is 0.300. The lowest BCUT2D eigenvalue weighted by Crippen LogP contribution is -2.13. The largest absolute Gasteiger partial charge is 0.491 e. The van der Waals surface area contributed by atoms with Crippen LogP contribution >= 0.6 is 0 Å². The molecule has 5 nitrogen and oxygen atoms in total. The summed E-state index contributed by atoms with van der Waals surface area (Å²) in [6.07, 6.45) is 1.47. The molecule has 2 aromatic rings. The van der Waals surface area contributed by atoms with E-state index >= 15 is 0 Å². The van der Waals surface area contributed by atoms with Gasteiger partial charge in [-0.2, -0.15) is 0 Å². The first-order valence-corrected chi connectivity index (χ1v) is 8.49. The number of carbonyl (C=O) groups excluding carboxylic acids is 2. The van der Waals surface area contributed by atoms with Crippen molar-refractivity contribution in [2.24, 2.45) is 0 Å². The monoisotopic (exact) mass is 340 g/mol. The summed E-state index contributed by atoms with van der Waals surface area (Å²) in [5.41, 5.74) is 1.82. The van der Waals surface area contributed by atoms with Crippen LogP contribution in [-0.4, -0.2) is 17.9 Å². The van der Waals surface area contributed by atoms with Crippen molar-refractivity contribution in [3.8, 4) is 5.75 Å². The van der Waals surface area contributed by atoms with Gasteiger partial charge in [0.2, 0.25) is 5.91 Å². The molecule has 0 aliphatic carbocycles. The molecule has 0 fully saturated rings. The molecule has 0 aliphatic rings. The molecular weight excluding hydrogens is 316 g/mol. The molecular formula is C20H24N2O3. The summed E-state index contributed by atoms with van der Waals surface area (Å²) in [6, 6.07) is 14.1. The lowest BCUT2D eigenvalue weighted by atomic mass is 10.2. The van der Waals surface area contributed by atoms with Crippen LogP contribution in [0.15, 0.2) is 48.5 Å². The van der Waals surface area contributed by atoms with Gasteiger partial charge < -0.3 is 15.4 Å². The minimum atomic E-state index is -0.214. The molecule has 5 heteroatoms. The van der Waals surface area contributed by atoms with Gasteiger partial charge in [-0.05, 0) is 55.8 Å². The second-order valence-corrected chi connectivity index (χ2v) is 5.80. The Bertz CT molecular complexity index is 726. The van der Waals surface area contributed by atoms with Gasteiger partial charge in [0.25, 0.3) is 5.91 Å². The fourth-order valence-corrected chi connectivity index (χ4v) is 2.13. The van der Waals surface area contributed by atoms with E-state index in [2.05, 4.69) is 17.6 Å². The molecule has 0 aromatic heterocycles. The third-order valence-corrected chi connectivity index (χ3v) is 3.75. The second-order valence-electron chi connectivity index (χ2n) is 5.80. The van der Waals surface area contributed by atoms with E-state index in [4.69, 9.17) is 4.74 Å². The Balaban J connectivity index is 2.02. The standard InChI is InChI=1S/C20H24N2O3/c1-4-14(3)25-18-11-9-15(10-12-18)20(24)22-17-8-6-7-16(13-17)21-19(23)5-2/h6-14H,4-5H2,1-3H3,(H,21,23)(H,22,24)/t14-/m1/s1. The van der Waals surface area contributed by atoms with Crippen molar-refractivity contribution in [2.75, 3.05) is 10.6 Å². The zero-order chi connectivity index (χ0) is 18.2. The molecule has 0 radical (unpaired) electrons. The molecule has 0 spiro atoms. The van der Waals surface area contributed by atoms with Crippen LogP contribution in [0.3, 0.4) is 0 Å². The zero-order valence-corrected chi connectivity index (χ0v) is 14.8. The van der Waals surface area contributed by atoms with Gasteiger partial charge in [-0.1, -0.05) is 19.9 Å². The first kappa shape index (κ1) is 18.5. The molecule has 0 bridgehead atoms. The molecule has 132 valence electrons. The Morgan fingerprint density at radius 1 is 1.00 bits per heavy atom. The molecule has 2 rings (SSSR count). The smallest absolute Gasteiger partial charge is 0.255 e. The third-order valence-electron chi connectivity index (χ3n) is 3.75. The molecule has 25 heavy (non-hydrogen) atoms. The Morgan fingerprint density at radius 2 is 1.64 bits per heavy atom. The number of anilines is 2. The summed E-state index contributed by atoms with van der Waals surface area (Å²) in [7, 11) is 0. The highest BCUT2D eigenvalue weighted by atomic mass is 16.5. The fourth-order valence-electron chi connectivity index (χ4n) is 2.13. The highest BCUT2D eigenvalue weighted by Gasteiger charge is 2.08. The SMILES string of the molecule is CCC(=O)Nc1cccc(NC(=O)c2ccc(O[C@H](C)CC)cc2)c1. The summed E-state index contributed by atoms with van der Waals surface area (Å²) in [4.78, 5) is 23.8. The van der Waals surface area contributed by atoms with Crippen LogP contribution in [0.25, 0.3) is 0 Å². The summed E-state index contributed by atoms with van der Waals surface area (Å²) < 4.78 is 5.71. The van der Waals surface area contributed by atoms with E-state index in [-0.39, 0.29) is 17.9 Å². The molecule has 0 saturated carbocycles. The number of amides is 2. The highest BCUT2D eigenvalue weighted by molar-refractivity contribution is 6.04. The van der Waals surface area contributed by atoms with Crippen molar-refractivity contribution in [3.05, 3.63) is 54.1 Å². The Labute approximate surface area is 148 Å². The van der Waals surface area contributed by atoms with Crippen molar-refractivity contribution in [1.82, 2.24) is 0 Å². The van der Waals surface area contributed by atoms with Gasteiger partial charge in [0.1, 0.15) is 5.75 Å². The zero-order valence-electron chi connectivity index (χ0n) is 14.8. The van der Waals surface area contributed by atoms with E-state index in [0.29, 0.717) is 23.4 Å². The van der Waals surface area contributed by atoms with Crippen molar-refractivity contribution in [1.29, 1.82) is 0 Å². The van der Waals surface area contributed by atoms with Crippen LogP contribution in [0.1, 0.15) is 44.0 Å². The first-order chi connectivity index (χ1) is 12.0. The number of rotatable bonds is 7. The lowest BCUT2D eigenvalue weighted by molar-refractivity contribution is -0.115. The summed E-state index contributed by atoms with van der Waals surface area (Å²) >= 11 is 0. The van der Waals surface area contributed by atoms with Gasteiger partial charge in [0, 0.05) is 23.4 Å². The average Bonchev–Trinajstić information content (AvgIpc) is 2.62. The van der Waals surface area contributed by atoms with Crippen LogP contribution in [0.5, 0.6) is 5.75 Å². The molecule has 0 unspecified atom stereocenters. The quantitative estimate of drug-likeness (QED) is 0.782. The van der Waals surface area contributed by atoms with Crippen LogP contribution in [0, 0.1) is 0 Å². The van der Waals surface area contributed by atoms with Gasteiger partial charge in [-0.25, -0.2) is 0 Å². The van der Waals surface area contributed by atoms with E-state index in [1.807, 2.05) is 6.92 Å². The Kier molecular flexibility index (Phi) is 6.57. The lowest BCUT2D eigenvalue weighted by Gasteiger charge is -2.13. The van der Waals surface area contributed by atoms with Gasteiger partial charge in [-0.15, -0.1) is 0 Å². The Morgan fingerprint density at radius 3 is 2.24 bits per heavy atom. The van der Waals surface area contributed by atoms with Gasteiger partial charge >= 0.3 is 0 Å². The predicted molar refractivity (Wildman–Crippen MR) is 100 cm³/mol. The minimum absolute atomic E-state index is 0.0691. The number of carbonyl (C=O) groups is 2. The molecule has 2 aromatic carbocycles. The highest BCUT2D eigenvalue weighted by Crippen LogP contribution is 2.18. The molecule has 2 N–H and O–H groups in total. The van der Waals surface area contributed by atoms with Crippen molar-refractivity contribution < 1.29 is 14.3 Å². The van der Waals surface area contributed by atoms with Crippen LogP contribution in [-0.2, 0) is 4.79 Å². The predicted octanol–water partition coefficient (Wildman–Crippen LogP) is 4.46.